The van der Waals surface area contributed by atoms with Crippen molar-refractivity contribution in [1.29, 1.82) is 0 Å². The van der Waals surface area contributed by atoms with Crippen LogP contribution in [0.15, 0.2) is 48.5 Å². The maximum absolute atomic E-state index is 12.3. The van der Waals surface area contributed by atoms with Crippen molar-refractivity contribution < 1.29 is 4.79 Å². The third-order valence-electron chi connectivity index (χ3n) is 4.80. The molecule has 2 aromatic rings. The Hall–Kier alpha value is -2.00. The van der Waals surface area contributed by atoms with E-state index in [-0.39, 0.29) is 11.9 Å². The van der Waals surface area contributed by atoms with Crippen LogP contribution in [0, 0.1) is 0 Å². The zero-order chi connectivity index (χ0) is 17.6. The second kappa shape index (κ2) is 8.39. The molecule has 0 bridgehead atoms. The monoisotopic (exact) mass is 356 g/mol. The molecule has 132 valence electrons. The van der Waals surface area contributed by atoms with Gasteiger partial charge in [-0.1, -0.05) is 41.9 Å². The van der Waals surface area contributed by atoms with Crippen LogP contribution in [-0.4, -0.2) is 19.0 Å². The number of nitrogens with one attached hydrogen (secondary N) is 1. The van der Waals surface area contributed by atoms with Crippen molar-refractivity contribution in [3.8, 4) is 0 Å². The molecule has 3 rings (SSSR count). The molecule has 4 heteroatoms. The van der Waals surface area contributed by atoms with Crippen LogP contribution >= 0.6 is 11.6 Å². The van der Waals surface area contributed by atoms with E-state index in [4.69, 9.17) is 11.6 Å². The normalized spacial score (nSPS) is 15.7. The largest absolute Gasteiger partial charge is 0.372 e. The minimum Gasteiger partial charge on any atom is -0.372 e. The first-order valence-corrected chi connectivity index (χ1v) is 9.39. The predicted molar refractivity (Wildman–Crippen MR) is 104 cm³/mol. The van der Waals surface area contributed by atoms with E-state index in [2.05, 4.69) is 34.5 Å². The summed E-state index contributed by atoms with van der Waals surface area (Å²) in [6, 6.07) is 16.0. The second-order valence-corrected chi connectivity index (χ2v) is 7.10. The molecule has 2 aromatic carbocycles. The van der Waals surface area contributed by atoms with Crippen molar-refractivity contribution in [1.82, 2.24) is 5.32 Å². The summed E-state index contributed by atoms with van der Waals surface area (Å²) >= 11 is 6.13. The Kier molecular flexibility index (Phi) is 5.98. The van der Waals surface area contributed by atoms with Crippen LogP contribution < -0.4 is 10.2 Å². The van der Waals surface area contributed by atoms with Gasteiger partial charge < -0.3 is 10.2 Å². The predicted octanol–water partition coefficient (Wildman–Crippen LogP) is 4.75. The number of nitrogens with zero attached hydrogens (tertiary/aromatic N) is 1. The number of benzene rings is 2. The lowest BCUT2D eigenvalue weighted by molar-refractivity contribution is -0.121. The number of amides is 1. The molecule has 1 amide bonds. The zero-order valence-electron chi connectivity index (χ0n) is 14.7. The van der Waals surface area contributed by atoms with Crippen LogP contribution in [0.3, 0.4) is 0 Å². The molecule has 0 saturated carbocycles. The van der Waals surface area contributed by atoms with E-state index in [0.717, 1.165) is 24.2 Å². The number of carbonyl (C=O) groups is 1. The summed E-state index contributed by atoms with van der Waals surface area (Å²) in [7, 11) is 0. The molecule has 0 spiro atoms. The van der Waals surface area contributed by atoms with Gasteiger partial charge >= 0.3 is 0 Å². The van der Waals surface area contributed by atoms with E-state index in [1.165, 1.54) is 24.9 Å². The van der Waals surface area contributed by atoms with Gasteiger partial charge in [0.2, 0.25) is 5.91 Å². The van der Waals surface area contributed by atoms with Gasteiger partial charge in [-0.15, -0.1) is 0 Å². The molecule has 0 aliphatic carbocycles. The standard InChI is InChI=1S/C21H25ClN2O/c1-16(23-21(25)15-18-7-3-4-8-20(18)22)17-9-11-19(12-10-17)24-13-5-2-6-14-24/h3-4,7-12,16H,2,5-6,13-15H2,1H3,(H,23,25)/t16-/m1/s1. The lowest BCUT2D eigenvalue weighted by Gasteiger charge is -2.29. The quantitative estimate of drug-likeness (QED) is 0.838. The fourth-order valence-corrected chi connectivity index (χ4v) is 3.52. The van der Waals surface area contributed by atoms with Crippen LogP contribution in [0.5, 0.6) is 0 Å². The van der Waals surface area contributed by atoms with Gasteiger partial charge in [0.05, 0.1) is 12.5 Å². The number of halogens is 1. The smallest absolute Gasteiger partial charge is 0.224 e. The van der Waals surface area contributed by atoms with E-state index < -0.39 is 0 Å². The van der Waals surface area contributed by atoms with Gasteiger partial charge in [-0.2, -0.15) is 0 Å². The highest BCUT2D eigenvalue weighted by Gasteiger charge is 2.14. The van der Waals surface area contributed by atoms with Crippen LogP contribution in [-0.2, 0) is 11.2 Å². The maximum Gasteiger partial charge on any atom is 0.224 e. The molecule has 1 saturated heterocycles. The Labute approximate surface area is 155 Å². The number of hydrogen-bond donors (Lipinski definition) is 1. The summed E-state index contributed by atoms with van der Waals surface area (Å²) in [4.78, 5) is 14.7. The van der Waals surface area contributed by atoms with Crippen LogP contribution in [0.25, 0.3) is 0 Å². The van der Waals surface area contributed by atoms with Crippen molar-refractivity contribution in [2.24, 2.45) is 0 Å². The Balaban J connectivity index is 1.58. The van der Waals surface area contributed by atoms with Gasteiger partial charge in [0.15, 0.2) is 0 Å². The number of rotatable bonds is 5. The zero-order valence-corrected chi connectivity index (χ0v) is 15.4. The molecular formula is C21H25ClN2O. The van der Waals surface area contributed by atoms with E-state index in [1.54, 1.807) is 0 Å². The molecule has 1 aliphatic heterocycles. The van der Waals surface area contributed by atoms with Crippen molar-refractivity contribution >= 4 is 23.2 Å². The van der Waals surface area contributed by atoms with Crippen molar-refractivity contribution in [2.75, 3.05) is 18.0 Å². The molecule has 0 radical (unpaired) electrons. The first-order chi connectivity index (χ1) is 12.1. The maximum atomic E-state index is 12.3. The van der Waals surface area contributed by atoms with Gasteiger partial charge in [0, 0.05) is 23.8 Å². The minimum atomic E-state index is -0.0228. The molecular weight excluding hydrogens is 332 g/mol. The van der Waals surface area contributed by atoms with Crippen LogP contribution in [0.2, 0.25) is 5.02 Å². The summed E-state index contributed by atoms with van der Waals surface area (Å²) in [6.45, 7) is 4.30. The van der Waals surface area contributed by atoms with Crippen molar-refractivity contribution in [3.05, 3.63) is 64.7 Å². The molecule has 0 aromatic heterocycles. The topological polar surface area (TPSA) is 32.3 Å². The number of anilines is 1. The molecule has 1 N–H and O–H groups in total. The Morgan fingerprint density at radius 2 is 1.76 bits per heavy atom. The number of carbonyl (C=O) groups excluding carboxylic acids is 1. The fraction of sp³-hybridized carbons (Fsp3) is 0.381. The molecule has 25 heavy (non-hydrogen) atoms. The highest BCUT2D eigenvalue weighted by atomic mass is 35.5. The summed E-state index contributed by atoms with van der Waals surface area (Å²) in [5.74, 6) is -0.0132. The molecule has 1 aliphatic rings. The summed E-state index contributed by atoms with van der Waals surface area (Å²) < 4.78 is 0. The van der Waals surface area contributed by atoms with Crippen LogP contribution in [0.4, 0.5) is 5.69 Å². The van der Waals surface area contributed by atoms with Gasteiger partial charge in [-0.3, -0.25) is 4.79 Å². The average molecular weight is 357 g/mol. The molecule has 3 nitrogen and oxygen atoms in total. The lowest BCUT2D eigenvalue weighted by Crippen LogP contribution is -2.30. The van der Waals surface area contributed by atoms with Gasteiger partial charge in [0.25, 0.3) is 0 Å². The molecule has 0 unspecified atom stereocenters. The first-order valence-electron chi connectivity index (χ1n) is 9.01. The summed E-state index contributed by atoms with van der Waals surface area (Å²) in [5, 5.41) is 3.70. The third-order valence-corrected chi connectivity index (χ3v) is 5.17. The number of piperidine rings is 1. The van der Waals surface area contributed by atoms with E-state index >= 15 is 0 Å². The fourth-order valence-electron chi connectivity index (χ4n) is 3.32. The van der Waals surface area contributed by atoms with Gasteiger partial charge in [-0.05, 0) is 55.5 Å². The van der Waals surface area contributed by atoms with E-state index in [0.29, 0.717) is 11.4 Å². The SMILES string of the molecule is C[C@@H](NC(=O)Cc1ccccc1Cl)c1ccc(N2CCCCC2)cc1. The Morgan fingerprint density at radius 1 is 1.08 bits per heavy atom. The first kappa shape index (κ1) is 17.8. The third kappa shape index (κ3) is 4.76. The minimum absolute atomic E-state index is 0.0132. The van der Waals surface area contributed by atoms with Gasteiger partial charge in [-0.25, -0.2) is 0 Å². The van der Waals surface area contributed by atoms with E-state index in [9.17, 15) is 4.79 Å². The Morgan fingerprint density at radius 3 is 2.44 bits per heavy atom. The van der Waals surface area contributed by atoms with E-state index in [1.807, 2.05) is 31.2 Å². The second-order valence-electron chi connectivity index (χ2n) is 6.70. The van der Waals surface area contributed by atoms with Crippen LogP contribution in [0.1, 0.15) is 43.4 Å². The molecule has 1 atom stereocenters. The lowest BCUT2D eigenvalue weighted by atomic mass is 10.1. The summed E-state index contributed by atoms with van der Waals surface area (Å²) in [6.07, 6.45) is 4.19. The Bertz CT molecular complexity index is 708. The van der Waals surface area contributed by atoms with Crippen molar-refractivity contribution in [2.45, 2.75) is 38.6 Å². The van der Waals surface area contributed by atoms with Crippen molar-refractivity contribution in [3.63, 3.8) is 0 Å². The highest BCUT2D eigenvalue weighted by molar-refractivity contribution is 6.31. The molecule has 1 fully saturated rings. The van der Waals surface area contributed by atoms with Gasteiger partial charge in [0.1, 0.15) is 0 Å². The molecule has 1 heterocycles. The average Bonchev–Trinajstić information content (AvgIpc) is 2.64. The highest BCUT2D eigenvalue weighted by Crippen LogP contribution is 2.22. The number of hydrogen-bond acceptors (Lipinski definition) is 2. The summed E-state index contributed by atoms with van der Waals surface area (Å²) in [5.41, 5.74) is 3.25.